The molecule has 1 aromatic rings. The van der Waals surface area contributed by atoms with Gasteiger partial charge < -0.3 is 14.6 Å². The SMILES string of the molecule is Cc1c(C(C)(C)CO)cc2c(c1Cl)OCO2. The van der Waals surface area contributed by atoms with Crippen molar-refractivity contribution in [2.75, 3.05) is 13.4 Å². The summed E-state index contributed by atoms with van der Waals surface area (Å²) in [7, 11) is 0. The molecule has 0 saturated heterocycles. The van der Waals surface area contributed by atoms with Crippen LogP contribution in [0.3, 0.4) is 0 Å². The number of ether oxygens (including phenoxy) is 2. The van der Waals surface area contributed by atoms with Gasteiger partial charge in [0.05, 0.1) is 11.6 Å². The predicted molar refractivity (Wildman–Crippen MR) is 62.4 cm³/mol. The highest BCUT2D eigenvalue weighted by molar-refractivity contribution is 6.33. The molecule has 0 unspecified atom stereocenters. The summed E-state index contributed by atoms with van der Waals surface area (Å²) in [6.07, 6.45) is 0. The second kappa shape index (κ2) is 3.82. The van der Waals surface area contributed by atoms with Crippen LogP contribution in [0.2, 0.25) is 5.02 Å². The Hall–Kier alpha value is -0.930. The molecule has 0 amide bonds. The molecule has 88 valence electrons. The quantitative estimate of drug-likeness (QED) is 0.867. The highest BCUT2D eigenvalue weighted by Gasteiger charge is 2.28. The minimum atomic E-state index is -0.339. The zero-order valence-corrected chi connectivity index (χ0v) is 10.4. The normalized spacial score (nSPS) is 14.3. The lowest BCUT2D eigenvalue weighted by Crippen LogP contribution is -2.23. The van der Waals surface area contributed by atoms with Gasteiger partial charge in [-0.15, -0.1) is 0 Å². The van der Waals surface area contributed by atoms with Crippen molar-refractivity contribution < 1.29 is 14.6 Å². The number of halogens is 1. The number of fused-ring (bicyclic) bond motifs is 1. The number of hydrogen-bond acceptors (Lipinski definition) is 3. The van der Waals surface area contributed by atoms with Crippen LogP contribution >= 0.6 is 11.6 Å². The highest BCUT2D eigenvalue weighted by atomic mass is 35.5. The average Bonchev–Trinajstić information content (AvgIpc) is 2.71. The van der Waals surface area contributed by atoms with Gasteiger partial charge in [-0.3, -0.25) is 0 Å². The van der Waals surface area contributed by atoms with Gasteiger partial charge in [0.25, 0.3) is 0 Å². The van der Waals surface area contributed by atoms with Crippen LogP contribution in [0.1, 0.15) is 25.0 Å². The van der Waals surface area contributed by atoms with Gasteiger partial charge in [0.15, 0.2) is 11.5 Å². The molecule has 4 heteroatoms. The van der Waals surface area contributed by atoms with E-state index in [9.17, 15) is 5.11 Å². The second-order valence-electron chi connectivity index (χ2n) is 4.64. The summed E-state index contributed by atoms with van der Waals surface area (Å²) < 4.78 is 10.6. The Morgan fingerprint density at radius 2 is 2.12 bits per heavy atom. The van der Waals surface area contributed by atoms with E-state index in [4.69, 9.17) is 21.1 Å². The van der Waals surface area contributed by atoms with Crippen molar-refractivity contribution in [3.63, 3.8) is 0 Å². The van der Waals surface area contributed by atoms with Crippen LogP contribution in [0.15, 0.2) is 6.07 Å². The Kier molecular flexibility index (Phi) is 2.76. The van der Waals surface area contributed by atoms with Crippen LogP contribution in [0.5, 0.6) is 11.5 Å². The maximum atomic E-state index is 9.40. The summed E-state index contributed by atoms with van der Waals surface area (Å²) in [5, 5.41) is 9.97. The first-order chi connectivity index (χ1) is 7.47. The van der Waals surface area contributed by atoms with Crippen LogP contribution in [0.25, 0.3) is 0 Å². The molecular weight excluding hydrogens is 228 g/mol. The Balaban J connectivity index is 2.60. The molecule has 0 bridgehead atoms. The summed E-state index contributed by atoms with van der Waals surface area (Å²) in [5.74, 6) is 1.27. The molecule has 0 radical (unpaired) electrons. The Morgan fingerprint density at radius 3 is 2.75 bits per heavy atom. The topological polar surface area (TPSA) is 38.7 Å². The molecule has 0 fully saturated rings. The first-order valence-electron chi connectivity index (χ1n) is 5.17. The molecule has 1 aliphatic rings. The van der Waals surface area contributed by atoms with Gasteiger partial charge in [0.1, 0.15) is 0 Å². The zero-order valence-electron chi connectivity index (χ0n) is 9.63. The fourth-order valence-electron chi connectivity index (χ4n) is 1.88. The molecule has 16 heavy (non-hydrogen) atoms. The fraction of sp³-hybridized carbons (Fsp3) is 0.500. The summed E-state index contributed by atoms with van der Waals surface area (Å²) in [6.45, 7) is 6.13. The van der Waals surface area contributed by atoms with Gasteiger partial charge in [0.2, 0.25) is 6.79 Å². The predicted octanol–water partition coefficient (Wildman–Crippen LogP) is 2.65. The number of hydrogen-bond donors (Lipinski definition) is 1. The molecule has 0 atom stereocenters. The minimum Gasteiger partial charge on any atom is -0.454 e. The summed E-state index contributed by atoms with van der Waals surface area (Å²) >= 11 is 6.22. The van der Waals surface area contributed by atoms with Crippen molar-refractivity contribution in [3.05, 3.63) is 22.2 Å². The molecule has 1 aromatic carbocycles. The highest BCUT2D eigenvalue weighted by Crippen LogP contribution is 2.45. The van der Waals surface area contributed by atoms with E-state index < -0.39 is 0 Å². The number of rotatable bonds is 2. The third-order valence-electron chi connectivity index (χ3n) is 2.97. The first kappa shape index (κ1) is 11.6. The van der Waals surface area contributed by atoms with Crippen LogP contribution in [-0.2, 0) is 5.41 Å². The molecule has 1 heterocycles. The first-order valence-corrected chi connectivity index (χ1v) is 5.55. The van der Waals surface area contributed by atoms with E-state index >= 15 is 0 Å². The minimum absolute atomic E-state index is 0.0593. The molecule has 1 aliphatic heterocycles. The van der Waals surface area contributed by atoms with E-state index in [-0.39, 0.29) is 18.8 Å². The van der Waals surface area contributed by atoms with Crippen LogP contribution < -0.4 is 9.47 Å². The molecule has 0 saturated carbocycles. The van der Waals surface area contributed by atoms with Crippen molar-refractivity contribution in [2.45, 2.75) is 26.2 Å². The lowest BCUT2D eigenvalue weighted by Gasteiger charge is -2.25. The molecule has 0 aromatic heterocycles. The maximum absolute atomic E-state index is 9.40. The Labute approximate surface area is 99.9 Å². The van der Waals surface area contributed by atoms with Gasteiger partial charge in [0, 0.05) is 5.41 Å². The van der Waals surface area contributed by atoms with Gasteiger partial charge in [-0.2, -0.15) is 0 Å². The largest absolute Gasteiger partial charge is 0.454 e. The third-order valence-corrected chi connectivity index (χ3v) is 3.43. The number of benzene rings is 1. The van der Waals surface area contributed by atoms with E-state index in [1.165, 1.54) is 0 Å². The molecular formula is C12H15ClO3. The van der Waals surface area contributed by atoms with Crippen molar-refractivity contribution in [3.8, 4) is 11.5 Å². The van der Waals surface area contributed by atoms with Crippen LogP contribution in [0, 0.1) is 6.92 Å². The fourth-order valence-corrected chi connectivity index (χ4v) is 2.13. The zero-order chi connectivity index (χ0) is 11.9. The smallest absolute Gasteiger partial charge is 0.231 e. The number of aliphatic hydroxyl groups is 1. The van der Waals surface area contributed by atoms with E-state index in [0.29, 0.717) is 16.5 Å². The van der Waals surface area contributed by atoms with Gasteiger partial charge in [-0.25, -0.2) is 0 Å². The second-order valence-corrected chi connectivity index (χ2v) is 5.02. The lowest BCUT2D eigenvalue weighted by atomic mass is 9.82. The lowest BCUT2D eigenvalue weighted by molar-refractivity contribution is 0.173. The monoisotopic (exact) mass is 242 g/mol. The van der Waals surface area contributed by atoms with Crippen molar-refractivity contribution in [2.24, 2.45) is 0 Å². The molecule has 0 spiro atoms. The van der Waals surface area contributed by atoms with Crippen molar-refractivity contribution in [1.82, 2.24) is 0 Å². The van der Waals surface area contributed by atoms with Gasteiger partial charge >= 0.3 is 0 Å². The van der Waals surface area contributed by atoms with E-state index in [2.05, 4.69) is 0 Å². The number of aliphatic hydroxyl groups excluding tert-OH is 1. The molecule has 1 N–H and O–H groups in total. The van der Waals surface area contributed by atoms with Crippen molar-refractivity contribution >= 4 is 11.6 Å². The van der Waals surface area contributed by atoms with Crippen LogP contribution in [0.4, 0.5) is 0 Å². The van der Waals surface area contributed by atoms with E-state index in [0.717, 1.165) is 11.1 Å². The third kappa shape index (κ3) is 1.64. The summed E-state index contributed by atoms with van der Waals surface area (Å²) in [4.78, 5) is 0. The Morgan fingerprint density at radius 1 is 1.44 bits per heavy atom. The van der Waals surface area contributed by atoms with Gasteiger partial charge in [-0.1, -0.05) is 25.4 Å². The van der Waals surface area contributed by atoms with Crippen LogP contribution in [-0.4, -0.2) is 18.5 Å². The van der Waals surface area contributed by atoms with Crippen molar-refractivity contribution in [1.29, 1.82) is 0 Å². The Bertz CT molecular complexity index is 427. The van der Waals surface area contributed by atoms with E-state index in [1.807, 2.05) is 26.8 Å². The molecule has 0 aliphatic carbocycles. The molecule has 2 rings (SSSR count). The standard InChI is InChI=1S/C12H15ClO3/c1-7-8(12(2,3)5-14)4-9-11(10(7)13)16-6-15-9/h4,14H,5-6H2,1-3H3. The maximum Gasteiger partial charge on any atom is 0.231 e. The summed E-state index contributed by atoms with van der Waals surface area (Å²) in [5.41, 5.74) is 1.59. The average molecular weight is 243 g/mol. The summed E-state index contributed by atoms with van der Waals surface area (Å²) in [6, 6.07) is 1.90. The van der Waals surface area contributed by atoms with Gasteiger partial charge in [-0.05, 0) is 24.1 Å². The van der Waals surface area contributed by atoms with E-state index in [1.54, 1.807) is 0 Å². The molecule has 3 nitrogen and oxygen atoms in total.